The first kappa shape index (κ1) is 25.8. The summed E-state index contributed by atoms with van der Waals surface area (Å²) in [5, 5.41) is 5.81. The van der Waals surface area contributed by atoms with Crippen molar-refractivity contribution in [3.05, 3.63) is 107 Å². The summed E-state index contributed by atoms with van der Waals surface area (Å²) in [6.07, 6.45) is -0.523. The van der Waals surface area contributed by atoms with E-state index in [2.05, 4.69) is 10.6 Å². The molecule has 8 heteroatoms. The number of carbonyl (C=O) groups is 3. The molecule has 3 rings (SSSR count). The molecule has 182 valence electrons. The van der Waals surface area contributed by atoms with Crippen LogP contribution in [0.4, 0.5) is 9.59 Å². The SMILES string of the molecule is O=C(NCCC[C@H](NC(=O)OCc1ccccc1)C(=O)c1ccc(Cl)cc1)OCc1ccccc1. The largest absolute Gasteiger partial charge is 0.445 e. The van der Waals surface area contributed by atoms with E-state index in [0.717, 1.165) is 11.1 Å². The molecular weight excluding hydrogens is 468 g/mol. The molecule has 0 aliphatic rings. The molecule has 1 atom stereocenters. The average Bonchev–Trinajstić information content (AvgIpc) is 2.89. The van der Waals surface area contributed by atoms with E-state index < -0.39 is 18.2 Å². The van der Waals surface area contributed by atoms with Gasteiger partial charge < -0.3 is 20.1 Å². The molecular formula is C27H27ClN2O5. The van der Waals surface area contributed by atoms with Crippen molar-refractivity contribution >= 4 is 29.6 Å². The number of carbonyl (C=O) groups excluding carboxylic acids is 3. The molecule has 0 heterocycles. The maximum Gasteiger partial charge on any atom is 0.408 e. The second-order valence-electron chi connectivity index (χ2n) is 7.76. The number of Topliss-reactive ketones (excluding diaryl/α,β-unsaturated/α-hetero) is 1. The summed E-state index contributed by atoms with van der Waals surface area (Å²) in [7, 11) is 0. The van der Waals surface area contributed by atoms with Gasteiger partial charge in [0.1, 0.15) is 13.2 Å². The van der Waals surface area contributed by atoms with Gasteiger partial charge >= 0.3 is 12.2 Å². The minimum atomic E-state index is -0.832. The van der Waals surface area contributed by atoms with Gasteiger partial charge in [0.15, 0.2) is 5.78 Å². The van der Waals surface area contributed by atoms with Crippen LogP contribution in [0.3, 0.4) is 0 Å². The van der Waals surface area contributed by atoms with Gasteiger partial charge in [-0.3, -0.25) is 4.79 Å². The van der Waals surface area contributed by atoms with Crippen LogP contribution < -0.4 is 10.6 Å². The van der Waals surface area contributed by atoms with Gasteiger partial charge in [0, 0.05) is 17.1 Å². The lowest BCUT2D eigenvalue weighted by molar-refractivity contribution is 0.0909. The molecule has 2 N–H and O–H groups in total. The van der Waals surface area contributed by atoms with E-state index >= 15 is 0 Å². The van der Waals surface area contributed by atoms with Crippen LogP contribution >= 0.6 is 11.6 Å². The monoisotopic (exact) mass is 494 g/mol. The van der Waals surface area contributed by atoms with Crippen LogP contribution in [-0.2, 0) is 22.7 Å². The van der Waals surface area contributed by atoms with E-state index in [4.69, 9.17) is 21.1 Å². The third-order valence-electron chi connectivity index (χ3n) is 5.10. The van der Waals surface area contributed by atoms with Crippen molar-refractivity contribution in [2.45, 2.75) is 32.1 Å². The predicted molar refractivity (Wildman–Crippen MR) is 133 cm³/mol. The number of rotatable bonds is 11. The number of hydrogen-bond donors (Lipinski definition) is 2. The van der Waals surface area contributed by atoms with Gasteiger partial charge in [0.05, 0.1) is 6.04 Å². The maximum absolute atomic E-state index is 13.0. The number of hydrogen-bond acceptors (Lipinski definition) is 5. The van der Waals surface area contributed by atoms with Crippen molar-refractivity contribution in [2.75, 3.05) is 6.54 Å². The molecule has 0 radical (unpaired) electrons. The van der Waals surface area contributed by atoms with Crippen molar-refractivity contribution in [1.29, 1.82) is 0 Å². The second-order valence-corrected chi connectivity index (χ2v) is 8.20. The zero-order chi connectivity index (χ0) is 24.9. The van der Waals surface area contributed by atoms with Gasteiger partial charge in [-0.2, -0.15) is 0 Å². The minimum absolute atomic E-state index is 0.0866. The van der Waals surface area contributed by atoms with Crippen molar-refractivity contribution < 1.29 is 23.9 Å². The van der Waals surface area contributed by atoms with E-state index in [1.165, 1.54) is 0 Å². The fourth-order valence-electron chi connectivity index (χ4n) is 3.26. The first-order valence-electron chi connectivity index (χ1n) is 11.2. The Morgan fingerprint density at radius 3 is 1.86 bits per heavy atom. The van der Waals surface area contributed by atoms with Crippen molar-refractivity contribution in [3.8, 4) is 0 Å². The summed E-state index contributed by atoms with van der Waals surface area (Å²) in [5.41, 5.74) is 2.13. The molecule has 0 aromatic heterocycles. The lowest BCUT2D eigenvalue weighted by Crippen LogP contribution is -2.41. The molecule has 7 nitrogen and oxygen atoms in total. The molecule has 0 aliphatic heterocycles. The number of nitrogens with one attached hydrogen (secondary N) is 2. The molecule has 3 aromatic carbocycles. The minimum Gasteiger partial charge on any atom is -0.445 e. The number of alkyl carbamates (subject to hydrolysis) is 2. The lowest BCUT2D eigenvalue weighted by atomic mass is 10.0. The molecule has 0 aliphatic carbocycles. The van der Waals surface area contributed by atoms with E-state index in [-0.39, 0.29) is 25.5 Å². The third kappa shape index (κ3) is 9.14. The Labute approximate surface area is 209 Å². The van der Waals surface area contributed by atoms with Crippen molar-refractivity contribution in [2.24, 2.45) is 0 Å². The van der Waals surface area contributed by atoms with Gasteiger partial charge in [-0.15, -0.1) is 0 Å². The fourth-order valence-corrected chi connectivity index (χ4v) is 3.39. The Kier molecular flexibility index (Phi) is 10.1. The zero-order valence-electron chi connectivity index (χ0n) is 19.1. The second kappa shape index (κ2) is 13.8. The van der Waals surface area contributed by atoms with E-state index in [0.29, 0.717) is 23.4 Å². The molecule has 35 heavy (non-hydrogen) atoms. The van der Waals surface area contributed by atoms with Gasteiger partial charge in [-0.25, -0.2) is 9.59 Å². The summed E-state index contributed by atoms with van der Waals surface area (Å²) in [6, 6.07) is 24.2. The summed E-state index contributed by atoms with van der Waals surface area (Å²) in [6.45, 7) is 0.529. The van der Waals surface area contributed by atoms with Crippen molar-refractivity contribution in [3.63, 3.8) is 0 Å². The quantitative estimate of drug-likeness (QED) is 0.270. The van der Waals surface area contributed by atoms with E-state index in [1.807, 2.05) is 60.7 Å². The number of halogens is 1. The van der Waals surface area contributed by atoms with Gasteiger partial charge in [0.2, 0.25) is 0 Å². The fraction of sp³-hybridized carbons (Fsp3) is 0.222. The topological polar surface area (TPSA) is 93.7 Å². The predicted octanol–water partition coefficient (Wildman–Crippen LogP) is 5.52. The zero-order valence-corrected chi connectivity index (χ0v) is 19.9. The summed E-state index contributed by atoms with van der Waals surface area (Å²) >= 11 is 5.92. The molecule has 0 bridgehead atoms. The smallest absolute Gasteiger partial charge is 0.408 e. The molecule has 0 unspecified atom stereocenters. The Bertz CT molecular complexity index is 1090. The van der Waals surface area contributed by atoms with Crippen LogP contribution in [0.5, 0.6) is 0 Å². The van der Waals surface area contributed by atoms with E-state index in [9.17, 15) is 14.4 Å². The molecule has 0 fully saturated rings. The highest BCUT2D eigenvalue weighted by molar-refractivity contribution is 6.30. The molecule has 0 saturated carbocycles. The van der Waals surface area contributed by atoms with Gasteiger partial charge in [-0.1, -0.05) is 72.3 Å². The van der Waals surface area contributed by atoms with Gasteiger partial charge in [0.25, 0.3) is 0 Å². The highest BCUT2D eigenvalue weighted by Crippen LogP contribution is 2.13. The highest BCUT2D eigenvalue weighted by Gasteiger charge is 2.23. The number of amides is 2. The normalized spacial score (nSPS) is 11.2. The molecule has 0 spiro atoms. The first-order chi connectivity index (χ1) is 17.0. The summed E-state index contributed by atoms with van der Waals surface area (Å²) < 4.78 is 10.5. The lowest BCUT2D eigenvalue weighted by Gasteiger charge is -2.18. The van der Waals surface area contributed by atoms with Crippen LogP contribution in [0.2, 0.25) is 5.02 Å². The van der Waals surface area contributed by atoms with Crippen LogP contribution in [0.25, 0.3) is 0 Å². The maximum atomic E-state index is 13.0. The average molecular weight is 495 g/mol. The number of ether oxygens (including phenoxy) is 2. The Morgan fingerprint density at radius 1 is 0.743 bits per heavy atom. The van der Waals surface area contributed by atoms with Crippen LogP contribution in [0, 0.1) is 0 Å². The Morgan fingerprint density at radius 2 is 1.29 bits per heavy atom. The van der Waals surface area contributed by atoms with Gasteiger partial charge in [-0.05, 0) is 48.2 Å². The van der Waals surface area contributed by atoms with Crippen LogP contribution in [-0.4, -0.2) is 30.6 Å². The van der Waals surface area contributed by atoms with Crippen LogP contribution in [0.15, 0.2) is 84.9 Å². The Balaban J connectivity index is 1.50. The van der Waals surface area contributed by atoms with E-state index in [1.54, 1.807) is 24.3 Å². The standard InChI is InChI=1S/C27H27ClN2O5/c28-23-15-13-22(14-16-23)25(31)24(30-27(33)35-19-21-10-5-2-6-11-21)12-7-17-29-26(32)34-18-20-8-3-1-4-9-20/h1-6,8-11,13-16,24H,7,12,17-19H2,(H,29,32)(H,30,33)/t24-/m0/s1. The first-order valence-corrected chi connectivity index (χ1v) is 11.6. The van der Waals surface area contributed by atoms with Crippen molar-refractivity contribution in [1.82, 2.24) is 10.6 Å². The summed E-state index contributed by atoms with van der Waals surface area (Å²) in [5.74, 6) is -0.273. The number of benzene rings is 3. The molecule has 2 amide bonds. The van der Waals surface area contributed by atoms with Crippen LogP contribution in [0.1, 0.15) is 34.3 Å². The Hall–Kier alpha value is -3.84. The molecule has 3 aromatic rings. The summed E-state index contributed by atoms with van der Waals surface area (Å²) in [4.78, 5) is 37.4. The third-order valence-corrected chi connectivity index (χ3v) is 5.35. The molecule has 0 saturated heterocycles. The number of ketones is 1. The highest BCUT2D eigenvalue weighted by atomic mass is 35.5.